The van der Waals surface area contributed by atoms with Crippen LogP contribution in [0.15, 0.2) is 60.7 Å². The molecular weight excluding hydrogens is 586 g/mol. The van der Waals surface area contributed by atoms with Gasteiger partial charge in [-0.2, -0.15) is 0 Å². The summed E-state index contributed by atoms with van der Waals surface area (Å²) in [5.41, 5.74) is 9.12. The average molecular weight is 630 g/mol. The van der Waals surface area contributed by atoms with Gasteiger partial charge in [0.25, 0.3) is 0 Å². The van der Waals surface area contributed by atoms with Crippen LogP contribution in [-0.2, 0) is 11.2 Å². The first-order valence-electron chi connectivity index (χ1n) is 17.2. The van der Waals surface area contributed by atoms with Crippen molar-refractivity contribution < 1.29 is 14.3 Å². The molecular formula is C39H43N5O3. The summed E-state index contributed by atoms with van der Waals surface area (Å²) in [6, 6.07) is 21.5. The van der Waals surface area contributed by atoms with Crippen LogP contribution in [-0.4, -0.2) is 49.7 Å². The van der Waals surface area contributed by atoms with Crippen LogP contribution in [0.25, 0.3) is 44.5 Å². The van der Waals surface area contributed by atoms with E-state index in [2.05, 4.69) is 77.6 Å². The third-order valence-corrected chi connectivity index (χ3v) is 10.1. The van der Waals surface area contributed by atoms with Gasteiger partial charge in [-0.15, -0.1) is 0 Å². The lowest BCUT2D eigenvalue weighted by Gasteiger charge is -2.27. The fourth-order valence-electron chi connectivity index (χ4n) is 7.65. The Balaban J connectivity index is 1.03. The number of carbonyl (C=O) groups is 1. The van der Waals surface area contributed by atoms with Crippen molar-refractivity contribution in [2.45, 2.75) is 83.8 Å². The van der Waals surface area contributed by atoms with Crippen molar-refractivity contribution in [1.82, 2.24) is 24.8 Å². The monoisotopic (exact) mass is 629 g/mol. The number of rotatable bonds is 4. The Morgan fingerprint density at radius 3 is 2.36 bits per heavy atom. The van der Waals surface area contributed by atoms with E-state index in [9.17, 15) is 4.79 Å². The van der Waals surface area contributed by atoms with Crippen LogP contribution in [0.5, 0.6) is 5.75 Å². The van der Waals surface area contributed by atoms with Crippen LogP contribution >= 0.6 is 0 Å². The molecule has 242 valence electrons. The van der Waals surface area contributed by atoms with Gasteiger partial charge in [0.05, 0.1) is 29.4 Å². The largest absolute Gasteiger partial charge is 0.492 e. The highest BCUT2D eigenvalue weighted by Gasteiger charge is 2.36. The van der Waals surface area contributed by atoms with Gasteiger partial charge < -0.3 is 19.4 Å². The van der Waals surface area contributed by atoms with E-state index in [0.29, 0.717) is 25.0 Å². The number of hydrogen-bond acceptors (Lipinski definition) is 5. The second-order valence-electron chi connectivity index (χ2n) is 14.5. The maximum absolute atomic E-state index is 13.0. The van der Waals surface area contributed by atoms with Crippen molar-refractivity contribution in [1.29, 1.82) is 0 Å². The minimum absolute atomic E-state index is 0.119. The number of nitrogens with one attached hydrogen (secondary N) is 2. The number of H-pyrrole nitrogens is 2. The molecule has 0 unspecified atom stereocenters. The molecule has 0 bridgehead atoms. The van der Waals surface area contributed by atoms with Gasteiger partial charge >= 0.3 is 6.09 Å². The zero-order valence-corrected chi connectivity index (χ0v) is 27.7. The van der Waals surface area contributed by atoms with E-state index in [1.54, 1.807) is 0 Å². The molecule has 1 aliphatic carbocycles. The number of aromatic nitrogens is 4. The zero-order chi connectivity index (χ0) is 32.3. The molecule has 2 aromatic heterocycles. The fourth-order valence-corrected chi connectivity index (χ4v) is 7.65. The standard InChI is InChI=1S/C39H43N5O3/c1-23-7-5-8-28(23)36-40-30-17-15-26(21-32(30)42-36)24-10-12-25(13-11-24)27-14-16-29-34(22-27)46-20-18-31-35(29)43-37(41-31)33-9-6-19-44(33)38(45)47-39(2,3)4/h10-17,21-23,28,33H,5-9,18-20H2,1-4H3,(H,40,42)(H,41,43)/t23-,28+,33+/m1/s1. The Hall–Kier alpha value is -4.59. The Morgan fingerprint density at radius 1 is 0.872 bits per heavy atom. The summed E-state index contributed by atoms with van der Waals surface area (Å²) in [6.45, 7) is 9.28. The van der Waals surface area contributed by atoms with Gasteiger partial charge in [-0.3, -0.25) is 4.90 Å². The SMILES string of the molecule is C[C@@H]1CCC[C@@H]1c1nc2ccc(-c3ccc(-c4ccc5c(c4)OCCc4[nH]c([C@@H]6CCCN6C(=O)OC(C)(C)C)nc4-5)cc3)cc2[nH]1. The molecule has 0 radical (unpaired) electrons. The first-order valence-corrected chi connectivity index (χ1v) is 17.2. The summed E-state index contributed by atoms with van der Waals surface area (Å²) in [6.07, 6.45) is 6.03. The topological polar surface area (TPSA) is 96.1 Å². The van der Waals surface area contributed by atoms with Gasteiger partial charge in [0.15, 0.2) is 0 Å². The molecule has 47 heavy (non-hydrogen) atoms. The molecule has 1 saturated heterocycles. The summed E-state index contributed by atoms with van der Waals surface area (Å²) in [5, 5.41) is 0. The lowest BCUT2D eigenvalue weighted by Crippen LogP contribution is -2.36. The quantitative estimate of drug-likeness (QED) is 0.207. The van der Waals surface area contributed by atoms with Gasteiger partial charge in [0.2, 0.25) is 0 Å². The van der Waals surface area contributed by atoms with Crippen LogP contribution in [0.1, 0.15) is 89.1 Å². The molecule has 5 aromatic rings. The van der Waals surface area contributed by atoms with E-state index >= 15 is 0 Å². The van der Waals surface area contributed by atoms with E-state index < -0.39 is 5.60 Å². The highest BCUT2D eigenvalue weighted by atomic mass is 16.6. The first-order chi connectivity index (χ1) is 22.7. The van der Waals surface area contributed by atoms with Gasteiger partial charge in [0.1, 0.15) is 23.0 Å². The molecule has 8 nitrogen and oxygen atoms in total. The zero-order valence-electron chi connectivity index (χ0n) is 27.7. The summed E-state index contributed by atoms with van der Waals surface area (Å²) in [7, 11) is 0. The molecule has 3 aromatic carbocycles. The van der Waals surface area contributed by atoms with E-state index in [4.69, 9.17) is 19.4 Å². The lowest BCUT2D eigenvalue weighted by atomic mass is 9.98. The van der Waals surface area contributed by atoms with Crippen molar-refractivity contribution in [3.05, 3.63) is 78.0 Å². The van der Waals surface area contributed by atoms with E-state index in [-0.39, 0.29) is 12.1 Å². The van der Waals surface area contributed by atoms with Crippen LogP contribution in [0.3, 0.4) is 0 Å². The van der Waals surface area contributed by atoms with Crippen molar-refractivity contribution in [2.24, 2.45) is 5.92 Å². The van der Waals surface area contributed by atoms with Crippen molar-refractivity contribution >= 4 is 17.1 Å². The average Bonchev–Trinajstić information content (AvgIpc) is 3.85. The van der Waals surface area contributed by atoms with Crippen molar-refractivity contribution in [3.8, 4) is 39.3 Å². The molecule has 4 heterocycles. The molecule has 2 N–H and O–H groups in total. The smallest absolute Gasteiger partial charge is 0.410 e. The molecule has 3 atom stereocenters. The Bertz CT molecular complexity index is 1950. The van der Waals surface area contributed by atoms with Gasteiger partial charge in [-0.05, 0) is 98.9 Å². The number of benzene rings is 3. The van der Waals surface area contributed by atoms with Gasteiger partial charge in [-0.25, -0.2) is 14.8 Å². The van der Waals surface area contributed by atoms with E-state index in [1.807, 2.05) is 25.7 Å². The maximum atomic E-state index is 13.0. The predicted octanol–water partition coefficient (Wildman–Crippen LogP) is 9.20. The highest BCUT2D eigenvalue weighted by Crippen LogP contribution is 2.41. The second-order valence-corrected chi connectivity index (χ2v) is 14.5. The number of likely N-dealkylation sites (tertiary alicyclic amines) is 1. The maximum Gasteiger partial charge on any atom is 0.410 e. The number of nitrogens with zero attached hydrogens (tertiary/aromatic N) is 3. The number of amides is 1. The van der Waals surface area contributed by atoms with Crippen LogP contribution in [0.4, 0.5) is 4.79 Å². The minimum Gasteiger partial charge on any atom is -0.492 e. The molecule has 2 aliphatic heterocycles. The molecule has 8 heteroatoms. The van der Waals surface area contributed by atoms with E-state index in [1.165, 1.54) is 30.4 Å². The second kappa shape index (κ2) is 11.6. The number of hydrogen-bond donors (Lipinski definition) is 2. The predicted molar refractivity (Wildman–Crippen MR) is 184 cm³/mol. The summed E-state index contributed by atoms with van der Waals surface area (Å²) in [4.78, 5) is 32.0. The number of carbonyl (C=O) groups excluding carboxylic acids is 1. The minimum atomic E-state index is -0.537. The summed E-state index contributed by atoms with van der Waals surface area (Å²) >= 11 is 0. The number of imidazole rings is 2. The van der Waals surface area contributed by atoms with E-state index in [0.717, 1.165) is 75.8 Å². The Labute approximate surface area is 275 Å². The Kier molecular flexibility index (Phi) is 7.34. The molecule has 8 rings (SSSR count). The van der Waals surface area contributed by atoms with Crippen LogP contribution in [0.2, 0.25) is 0 Å². The molecule has 2 fully saturated rings. The lowest BCUT2D eigenvalue weighted by molar-refractivity contribution is 0.0218. The number of aromatic amines is 2. The van der Waals surface area contributed by atoms with Crippen LogP contribution in [0, 0.1) is 5.92 Å². The summed E-state index contributed by atoms with van der Waals surface area (Å²) < 4.78 is 12.0. The van der Waals surface area contributed by atoms with Crippen molar-refractivity contribution in [2.75, 3.05) is 13.2 Å². The number of fused-ring (bicyclic) bond motifs is 4. The fraction of sp³-hybridized carbons (Fsp3) is 0.410. The molecule has 1 saturated carbocycles. The third kappa shape index (κ3) is 5.68. The number of ether oxygens (including phenoxy) is 2. The van der Waals surface area contributed by atoms with Gasteiger partial charge in [-0.1, -0.05) is 49.7 Å². The van der Waals surface area contributed by atoms with Gasteiger partial charge in [0, 0.05) is 30.1 Å². The first kappa shape index (κ1) is 29.8. The third-order valence-electron chi connectivity index (χ3n) is 10.1. The normalized spacial score (nSPS) is 20.9. The van der Waals surface area contributed by atoms with Crippen LogP contribution < -0.4 is 4.74 Å². The Morgan fingerprint density at radius 2 is 1.62 bits per heavy atom. The summed E-state index contributed by atoms with van der Waals surface area (Å²) in [5.74, 6) is 4.02. The highest BCUT2D eigenvalue weighted by molar-refractivity contribution is 5.83. The molecule has 1 amide bonds. The van der Waals surface area contributed by atoms with Crippen molar-refractivity contribution in [3.63, 3.8) is 0 Å². The molecule has 3 aliphatic rings. The molecule has 0 spiro atoms.